The van der Waals surface area contributed by atoms with E-state index in [9.17, 15) is 5.11 Å². The molecule has 3 aromatic rings. The molecule has 0 radical (unpaired) electrons. The molecule has 0 aliphatic carbocycles. The van der Waals surface area contributed by atoms with E-state index in [0.717, 1.165) is 33.9 Å². The van der Waals surface area contributed by atoms with Crippen molar-refractivity contribution >= 4 is 17.1 Å². The number of fused-ring (bicyclic) bond motifs is 2. The summed E-state index contributed by atoms with van der Waals surface area (Å²) in [4.78, 5) is 2.89. The maximum absolute atomic E-state index is 10.3. The second kappa shape index (κ2) is 5.28. The van der Waals surface area contributed by atoms with Crippen LogP contribution < -0.4 is 15.4 Å². The summed E-state index contributed by atoms with van der Waals surface area (Å²) in [6.45, 7) is 0. The number of aromatic nitrogens is 1. The van der Waals surface area contributed by atoms with E-state index in [1.807, 2.05) is 48.5 Å². The van der Waals surface area contributed by atoms with E-state index in [2.05, 4.69) is 15.6 Å². The monoisotopic (exact) mass is 307 g/mol. The predicted molar refractivity (Wildman–Crippen MR) is 90.6 cm³/mol. The molecule has 1 aliphatic rings. The van der Waals surface area contributed by atoms with Gasteiger partial charge in [0.05, 0.1) is 35.8 Å². The number of H-pyrrole nitrogens is 1. The Kier molecular flexibility index (Phi) is 3.12. The largest absolute Gasteiger partial charge is 0.496 e. The summed E-state index contributed by atoms with van der Waals surface area (Å²) in [5.74, 6) is 0.916. The number of ether oxygens (including phenoxy) is 1. The van der Waals surface area contributed by atoms with Crippen LogP contribution >= 0.6 is 0 Å². The lowest BCUT2D eigenvalue weighted by atomic mass is 9.98. The highest BCUT2D eigenvalue weighted by atomic mass is 16.5. The lowest BCUT2D eigenvalue weighted by Gasteiger charge is -2.21. The smallest absolute Gasteiger partial charge is 0.196 e. The van der Waals surface area contributed by atoms with Crippen molar-refractivity contribution in [1.29, 1.82) is 0 Å². The van der Waals surface area contributed by atoms with E-state index in [0.29, 0.717) is 0 Å². The highest BCUT2D eigenvalue weighted by Gasteiger charge is 2.28. The minimum absolute atomic E-state index is 0.142. The number of aromatic hydroxyl groups is 1. The fourth-order valence-electron chi connectivity index (χ4n) is 3.05. The Balaban J connectivity index is 1.93. The van der Waals surface area contributed by atoms with Crippen LogP contribution in [0.2, 0.25) is 0 Å². The summed E-state index contributed by atoms with van der Waals surface area (Å²) in [6, 6.07) is 15.6. The molecule has 4 N–H and O–H groups in total. The van der Waals surface area contributed by atoms with Gasteiger partial charge < -0.3 is 25.5 Å². The topological polar surface area (TPSA) is 69.3 Å². The van der Waals surface area contributed by atoms with Gasteiger partial charge in [-0.05, 0) is 18.2 Å². The molecule has 0 amide bonds. The first kappa shape index (κ1) is 13.6. The molecule has 2 aromatic carbocycles. The molecule has 4 rings (SSSR count). The summed E-state index contributed by atoms with van der Waals surface area (Å²) < 4.78 is 5.51. The maximum atomic E-state index is 10.3. The minimum atomic E-state index is -0.233. The summed E-state index contributed by atoms with van der Waals surface area (Å²) in [6.07, 6.45) is 1.77. The second-order valence-electron chi connectivity index (χ2n) is 5.45. The Morgan fingerprint density at radius 3 is 2.52 bits per heavy atom. The molecule has 116 valence electrons. The van der Waals surface area contributed by atoms with Crippen LogP contribution in [0.15, 0.2) is 54.7 Å². The van der Waals surface area contributed by atoms with E-state index < -0.39 is 0 Å². The summed E-state index contributed by atoms with van der Waals surface area (Å²) in [7, 11) is 1.65. The van der Waals surface area contributed by atoms with Gasteiger partial charge in [-0.15, -0.1) is 0 Å². The minimum Gasteiger partial charge on any atom is -0.496 e. The van der Waals surface area contributed by atoms with E-state index in [4.69, 9.17) is 4.74 Å². The van der Waals surface area contributed by atoms with Crippen LogP contribution in [0.5, 0.6) is 11.6 Å². The molecule has 23 heavy (non-hydrogen) atoms. The van der Waals surface area contributed by atoms with Crippen molar-refractivity contribution in [2.45, 2.75) is 6.04 Å². The summed E-state index contributed by atoms with van der Waals surface area (Å²) in [5.41, 5.74) is 4.51. The lowest BCUT2D eigenvalue weighted by molar-refractivity contribution is 0.407. The first-order valence-electron chi connectivity index (χ1n) is 7.43. The van der Waals surface area contributed by atoms with Crippen molar-refractivity contribution in [3.63, 3.8) is 0 Å². The summed E-state index contributed by atoms with van der Waals surface area (Å²) >= 11 is 0. The van der Waals surface area contributed by atoms with Crippen molar-refractivity contribution in [2.75, 3.05) is 17.7 Å². The highest BCUT2D eigenvalue weighted by molar-refractivity contribution is 5.81. The third kappa shape index (κ3) is 2.17. The normalized spacial score (nSPS) is 15.6. The van der Waals surface area contributed by atoms with Gasteiger partial charge in [-0.3, -0.25) is 0 Å². The number of hydrogen-bond acceptors (Lipinski definition) is 4. The standard InChI is InChI=1S/C18H17N3O2/c1-23-15-9-5-2-6-11(15)17-16-14(10-19-18(16)22)20-12-7-3-4-8-13(12)21-17/h2-10,17,19-22H,1H3. The predicted octanol–water partition coefficient (Wildman–Crippen LogP) is 3.99. The molecule has 0 spiro atoms. The molecule has 1 aromatic heterocycles. The molecular weight excluding hydrogens is 290 g/mol. The second-order valence-corrected chi connectivity index (χ2v) is 5.45. The molecule has 0 saturated carbocycles. The Morgan fingerprint density at radius 2 is 1.70 bits per heavy atom. The molecule has 5 nitrogen and oxygen atoms in total. The molecule has 2 heterocycles. The van der Waals surface area contributed by atoms with Crippen LogP contribution in [0.3, 0.4) is 0 Å². The number of rotatable bonds is 2. The van der Waals surface area contributed by atoms with Gasteiger partial charge in [-0.25, -0.2) is 0 Å². The van der Waals surface area contributed by atoms with Gasteiger partial charge in [0.1, 0.15) is 5.75 Å². The molecule has 1 aliphatic heterocycles. The van der Waals surface area contributed by atoms with Crippen molar-refractivity contribution < 1.29 is 9.84 Å². The maximum Gasteiger partial charge on any atom is 0.196 e. The molecule has 0 saturated heterocycles. The van der Waals surface area contributed by atoms with Gasteiger partial charge in [0.2, 0.25) is 0 Å². The van der Waals surface area contributed by atoms with Gasteiger partial charge in [-0.1, -0.05) is 30.3 Å². The van der Waals surface area contributed by atoms with Crippen LogP contribution in [-0.2, 0) is 0 Å². The van der Waals surface area contributed by atoms with Crippen LogP contribution in [0.1, 0.15) is 17.2 Å². The number of nitrogens with one attached hydrogen (secondary N) is 3. The molecule has 5 heteroatoms. The zero-order valence-electron chi connectivity index (χ0n) is 12.6. The first-order valence-corrected chi connectivity index (χ1v) is 7.43. The third-order valence-corrected chi connectivity index (χ3v) is 4.13. The highest BCUT2D eigenvalue weighted by Crippen LogP contribution is 2.45. The zero-order chi connectivity index (χ0) is 15.8. The number of anilines is 3. The fraction of sp³-hybridized carbons (Fsp3) is 0.111. The lowest BCUT2D eigenvalue weighted by Crippen LogP contribution is -2.12. The molecule has 0 bridgehead atoms. The number of benzene rings is 2. The third-order valence-electron chi connectivity index (χ3n) is 4.13. The van der Waals surface area contributed by atoms with Crippen LogP contribution in [0, 0.1) is 0 Å². The Labute approximate surface area is 133 Å². The first-order chi connectivity index (χ1) is 11.3. The SMILES string of the molecule is COc1ccccc1C1Nc2ccccc2Nc2c[nH]c(O)c21. The van der Waals surface area contributed by atoms with E-state index in [1.165, 1.54) is 0 Å². The average Bonchev–Trinajstić information content (AvgIpc) is 2.86. The number of aromatic amines is 1. The van der Waals surface area contributed by atoms with Crippen LogP contribution in [-0.4, -0.2) is 17.2 Å². The van der Waals surface area contributed by atoms with Crippen molar-refractivity contribution in [3.8, 4) is 11.6 Å². The summed E-state index contributed by atoms with van der Waals surface area (Å²) in [5, 5.41) is 17.2. The van der Waals surface area contributed by atoms with Gasteiger partial charge in [0.25, 0.3) is 0 Å². The molecule has 1 unspecified atom stereocenters. The fourth-order valence-corrected chi connectivity index (χ4v) is 3.05. The van der Waals surface area contributed by atoms with Crippen LogP contribution in [0.25, 0.3) is 0 Å². The van der Waals surface area contributed by atoms with Crippen molar-refractivity contribution in [1.82, 2.24) is 4.98 Å². The average molecular weight is 307 g/mol. The van der Waals surface area contributed by atoms with Crippen molar-refractivity contribution in [3.05, 3.63) is 65.9 Å². The van der Waals surface area contributed by atoms with Gasteiger partial charge in [0.15, 0.2) is 5.88 Å². The zero-order valence-corrected chi connectivity index (χ0v) is 12.6. The number of hydrogen-bond donors (Lipinski definition) is 4. The Hall–Kier alpha value is -3.08. The molecule has 0 fully saturated rings. The van der Waals surface area contributed by atoms with E-state index >= 15 is 0 Å². The molecule has 1 atom stereocenters. The van der Waals surface area contributed by atoms with E-state index in [-0.39, 0.29) is 11.9 Å². The Morgan fingerprint density at radius 1 is 0.957 bits per heavy atom. The van der Waals surface area contributed by atoms with Crippen LogP contribution in [0.4, 0.5) is 17.1 Å². The Bertz CT molecular complexity index is 857. The van der Waals surface area contributed by atoms with E-state index in [1.54, 1.807) is 13.3 Å². The van der Waals surface area contributed by atoms with Gasteiger partial charge in [-0.2, -0.15) is 0 Å². The quantitative estimate of drug-likeness (QED) is 0.578. The van der Waals surface area contributed by atoms with Crippen molar-refractivity contribution in [2.24, 2.45) is 0 Å². The number of methoxy groups -OCH3 is 1. The van der Waals surface area contributed by atoms with Gasteiger partial charge >= 0.3 is 0 Å². The number of para-hydroxylation sites is 3. The van der Waals surface area contributed by atoms with Gasteiger partial charge in [0, 0.05) is 11.8 Å². The molecular formula is C18H17N3O2.